The number of anilines is 5. The lowest BCUT2D eigenvalue weighted by atomic mass is 9.55. The van der Waals surface area contributed by atoms with Crippen LogP contribution >= 0.6 is 0 Å². The van der Waals surface area contributed by atoms with E-state index in [2.05, 4.69) is 194 Å². The molecule has 0 saturated heterocycles. The molecule has 0 heterocycles. The smallest absolute Gasteiger partial charge is 0.0720 e. The van der Waals surface area contributed by atoms with Crippen LogP contribution < -0.4 is 10.2 Å². The minimum atomic E-state index is -0.434. The van der Waals surface area contributed by atoms with E-state index in [0.717, 1.165) is 28.4 Å². The molecule has 0 amide bonds. The Labute approximate surface area is 283 Å². The zero-order chi connectivity index (χ0) is 32.3. The van der Waals surface area contributed by atoms with Crippen LogP contribution in [-0.4, -0.2) is 0 Å². The zero-order valence-electron chi connectivity index (χ0n) is 27.2. The van der Waals surface area contributed by atoms with Gasteiger partial charge in [0.25, 0.3) is 0 Å². The number of benzene rings is 7. The highest BCUT2D eigenvalue weighted by molar-refractivity contribution is 5.91. The minimum Gasteiger partial charge on any atom is -0.356 e. The summed E-state index contributed by atoms with van der Waals surface area (Å²) < 4.78 is 0. The van der Waals surface area contributed by atoms with Crippen molar-refractivity contribution in [3.05, 3.63) is 209 Å². The van der Waals surface area contributed by atoms with E-state index in [1.54, 1.807) is 0 Å². The molecule has 0 aromatic heterocycles. The van der Waals surface area contributed by atoms with E-state index in [0.29, 0.717) is 0 Å². The largest absolute Gasteiger partial charge is 0.356 e. The highest BCUT2D eigenvalue weighted by Crippen LogP contribution is 2.62. The third-order valence-electron chi connectivity index (χ3n) is 10.5. The summed E-state index contributed by atoms with van der Waals surface area (Å²) in [6.45, 7) is 4.76. The van der Waals surface area contributed by atoms with Crippen molar-refractivity contribution < 1.29 is 0 Å². The van der Waals surface area contributed by atoms with Crippen molar-refractivity contribution in [2.75, 3.05) is 10.2 Å². The van der Waals surface area contributed by atoms with Gasteiger partial charge >= 0.3 is 0 Å². The average Bonchev–Trinajstić information content (AvgIpc) is 3.43. The second-order valence-corrected chi connectivity index (χ2v) is 13.5. The molecule has 0 saturated carbocycles. The van der Waals surface area contributed by atoms with Crippen LogP contribution in [0.1, 0.15) is 47.2 Å². The van der Waals surface area contributed by atoms with Crippen LogP contribution in [0.4, 0.5) is 28.4 Å². The van der Waals surface area contributed by atoms with Gasteiger partial charge in [0.2, 0.25) is 0 Å². The van der Waals surface area contributed by atoms with E-state index >= 15 is 0 Å². The molecular weight excluding hydrogens is 581 g/mol. The Morgan fingerprint density at radius 2 is 0.833 bits per heavy atom. The molecule has 7 aromatic rings. The first kappa shape index (κ1) is 28.4. The van der Waals surface area contributed by atoms with Crippen LogP contribution in [0.25, 0.3) is 11.1 Å². The number of nitrogens with one attached hydrogen (secondary N) is 1. The lowest BCUT2D eigenvalue weighted by Gasteiger charge is -2.46. The van der Waals surface area contributed by atoms with Crippen molar-refractivity contribution in [3.63, 3.8) is 0 Å². The Hall–Kier alpha value is -5.86. The third kappa shape index (κ3) is 4.12. The summed E-state index contributed by atoms with van der Waals surface area (Å²) >= 11 is 0. The molecule has 9 rings (SSSR count). The molecule has 1 N–H and O–H groups in total. The summed E-state index contributed by atoms with van der Waals surface area (Å²) in [4.78, 5) is 2.38. The van der Waals surface area contributed by atoms with E-state index in [1.165, 1.54) is 44.5 Å². The first-order valence-corrected chi connectivity index (χ1v) is 16.8. The summed E-state index contributed by atoms with van der Waals surface area (Å²) in [5.41, 5.74) is 15.8. The molecule has 0 aliphatic heterocycles. The summed E-state index contributed by atoms with van der Waals surface area (Å²) in [5.74, 6) is 0. The molecule has 0 radical (unpaired) electrons. The summed E-state index contributed by atoms with van der Waals surface area (Å²) in [5, 5.41) is 3.54. The van der Waals surface area contributed by atoms with Gasteiger partial charge in [-0.25, -0.2) is 0 Å². The summed E-state index contributed by atoms with van der Waals surface area (Å²) in [6.07, 6.45) is 0. The molecule has 0 unspecified atom stereocenters. The quantitative estimate of drug-likeness (QED) is 0.207. The zero-order valence-corrected chi connectivity index (χ0v) is 27.2. The normalized spacial score (nSPS) is 14.4. The molecular formula is C46H36N2. The number of nitrogens with zero attached hydrogens (tertiary/aromatic N) is 1. The van der Waals surface area contributed by atoms with Crippen LogP contribution in [-0.2, 0) is 10.8 Å². The molecule has 1 spiro atoms. The van der Waals surface area contributed by atoms with Gasteiger partial charge in [-0.15, -0.1) is 0 Å². The van der Waals surface area contributed by atoms with Crippen molar-refractivity contribution in [3.8, 4) is 11.1 Å². The molecule has 0 atom stereocenters. The van der Waals surface area contributed by atoms with E-state index < -0.39 is 5.41 Å². The Bertz CT molecular complexity index is 2230. The maximum atomic E-state index is 3.54. The lowest BCUT2D eigenvalue weighted by Crippen LogP contribution is -2.40. The van der Waals surface area contributed by atoms with Crippen molar-refractivity contribution in [1.29, 1.82) is 0 Å². The van der Waals surface area contributed by atoms with Crippen LogP contribution in [0.15, 0.2) is 176 Å². The van der Waals surface area contributed by atoms with E-state index in [4.69, 9.17) is 0 Å². The molecule has 48 heavy (non-hydrogen) atoms. The van der Waals surface area contributed by atoms with Gasteiger partial charge < -0.3 is 10.2 Å². The maximum absolute atomic E-state index is 3.54. The number of hydrogen-bond donors (Lipinski definition) is 1. The van der Waals surface area contributed by atoms with Gasteiger partial charge in [-0.3, -0.25) is 0 Å². The second kappa shape index (κ2) is 10.9. The highest BCUT2D eigenvalue weighted by atomic mass is 15.1. The van der Waals surface area contributed by atoms with Crippen molar-refractivity contribution in [1.82, 2.24) is 0 Å². The van der Waals surface area contributed by atoms with E-state index in [1.807, 2.05) is 6.07 Å². The fourth-order valence-corrected chi connectivity index (χ4v) is 8.39. The first-order chi connectivity index (χ1) is 23.6. The van der Waals surface area contributed by atoms with Gasteiger partial charge in [-0.1, -0.05) is 129 Å². The Morgan fingerprint density at radius 3 is 1.48 bits per heavy atom. The number of hydrogen-bond acceptors (Lipinski definition) is 2. The molecule has 2 heteroatoms. The first-order valence-electron chi connectivity index (χ1n) is 16.8. The van der Waals surface area contributed by atoms with Gasteiger partial charge in [0.05, 0.1) is 5.41 Å². The lowest BCUT2D eigenvalue weighted by molar-refractivity contribution is 0.563. The van der Waals surface area contributed by atoms with Crippen LogP contribution in [0.2, 0.25) is 0 Å². The second-order valence-electron chi connectivity index (χ2n) is 13.5. The fourth-order valence-electron chi connectivity index (χ4n) is 8.39. The molecule has 230 valence electrons. The molecule has 2 aliphatic rings. The predicted molar refractivity (Wildman–Crippen MR) is 200 cm³/mol. The molecule has 2 aliphatic carbocycles. The van der Waals surface area contributed by atoms with E-state index in [-0.39, 0.29) is 5.41 Å². The van der Waals surface area contributed by atoms with Gasteiger partial charge in [-0.05, 0) is 105 Å². The Kier molecular flexibility index (Phi) is 6.42. The van der Waals surface area contributed by atoms with Crippen molar-refractivity contribution >= 4 is 28.4 Å². The summed E-state index contributed by atoms with van der Waals surface area (Å²) in [7, 11) is 0. The fraction of sp³-hybridized carbons (Fsp3) is 0.0870. The standard InChI is InChI=1S/C46H36N2/c1-45(2)40-21-11-13-23-42(40)46(43-24-14-12-22-41(43)45)39-20-10-9-19-37(39)38-30-29-36(31-44(38)46)48(34-17-7-4-8-18-34)35-27-25-33(26-28-35)47-32-15-5-3-6-16-32/h3-31,47H,1-2H3. The SMILES string of the molecule is CC1(C)c2ccccc2C2(c3ccccc3-c3ccc(N(c4ccccc4)c4ccc(Nc5ccccc5)cc4)cc32)c2ccccc21. The van der Waals surface area contributed by atoms with Crippen LogP contribution in [0.3, 0.4) is 0 Å². The van der Waals surface area contributed by atoms with Gasteiger partial charge in [-0.2, -0.15) is 0 Å². The number of fused-ring (bicyclic) bond motifs is 9. The Morgan fingerprint density at radius 1 is 0.375 bits per heavy atom. The molecule has 0 bridgehead atoms. The molecule has 2 nitrogen and oxygen atoms in total. The van der Waals surface area contributed by atoms with Crippen LogP contribution in [0.5, 0.6) is 0 Å². The minimum absolute atomic E-state index is 0.126. The third-order valence-corrected chi connectivity index (χ3v) is 10.5. The average molecular weight is 617 g/mol. The topological polar surface area (TPSA) is 15.3 Å². The van der Waals surface area contributed by atoms with Gasteiger partial charge in [0.1, 0.15) is 0 Å². The van der Waals surface area contributed by atoms with Crippen molar-refractivity contribution in [2.45, 2.75) is 24.7 Å². The molecule has 7 aromatic carbocycles. The monoisotopic (exact) mass is 616 g/mol. The molecule has 0 fully saturated rings. The van der Waals surface area contributed by atoms with E-state index in [9.17, 15) is 0 Å². The number of para-hydroxylation sites is 2. The van der Waals surface area contributed by atoms with Gasteiger partial charge in [0.15, 0.2) is 0 Å². The Balaban J connectivity index is 1.27. The predicted octanol–water partition coefficient (Wildman–Crippen LogP) is 11.9. The summed E-state index contributed by atoms with van der Waals surface area (Å²) in [6, 6.07) is 64.2. The van der Waals surface area contributed by atoms with Crippen molar-refractivity contribution in [2.24, 2.45) is 0 Å². The maximum Gasteiger partial charge on any atom is 0.0720 e. The highest BCUT2D eigenvalue weighted by Gasteiger charge is 2.53. The van der Waals surface area contributed by atoms with Crippen LogP contribution in [0, 0.1) is 0 Å². The van der Waals surface area contributed by atoms with Gasteiger partial charge in [0, 0.05) is 33.9 Å². The number of rotatable bonds is 5.